The SMILES string of the molecule is COc1ccc(CC(=O)NC(Cc2cccc(C(F)(F)F)c2)C(=O)NC(C)c2ccccc2)cc1. The van der Waals surface area contributed by atoms with E-state index >= 15 is 0 Å². The Balaban J connectivity index is 1.77. The van der Waals surface area contributed by atoms with Crippen LogP contribution < -0.4 is 15.4 Å². The standard InChI is InChI=1S/C27H27F3N2O3/c1-18(21-8-4-3-5-9-21)31-26(34)24(16-20-7-6-10-22(15-20)27(28,29)30)32-25(33)17-19-11-13-23(35-2)14-12-19/h3-15,18,24H,16-17H2,1-2H3,(H,31,34)(H,32,33). The van der Waals surface area contributed by atoms with E-state index in [0.717, 1.165) is 17.7 Å². The zero-order chi connectivity index (χ0) is 25.4. The fraction of sp³-hybridized carbons (Fsp3) is 0.259. The lowest BCUT2D eigenvalue weighted by Gasteiger charge is -2.22. The van der Waals surface area contributed by atoms with Gasteiger partial charge in [0, 0.05) is 6.42 Å². The highest BCUT2D eigenvalue weighted by Gasteiger charge is 2.31. The molecular formula is C27H27F3N2O3. The lowest BCUT2D eigenvalue weighted by molar-refractivity contribution is -0.137. The first-order chi connectivity index (χ1) is 16.7. The second-order valence-electron chi connectivity index (χ2n) is 8.19. The van der Waals surface area contributed by atoms with Crippen LogP contribution in [-0.2, 0) is 28.6 Å². The van der Waals surface area contributed by atoms with Crippen molar-refractivity contribution in [1.29, 1.82) is 0 Å². The summed E-state index contributed by atoms with van der Waals surface area (Å²) in [5, 5.41) is 5.55. The average Bonchev–Trinajstić information content (AvgIpc) is 2.84. The van der Waals surface area contributed by atoms with Gasteiger partial charge in [-0.05, 0) is 41.8 Å². The third kappa shape index (κ3) is 7.60. The molecule has 0 aliphatic rings. The second kappa shape index (κ2) is 11.6. The minimum Gasteiger partial charge on any atom is -0.497 e. The molecule has 0 bridgehead atoms. The molecule has 0 saturated heterocycles. The van der Waals surface area contributed by atoms with Crippen molar-refractivity contribution in [3.63, 3.8) is 0 Å². The molecule has 35 heavy (non-hydrogen) atoms. The maximum absolute atomic E-state index is 13.2. The van der Waals surface area contributed by atoms with Gasteiger partial charge in [-0.3, -0.25) is 9.59 Å². The molecule has 0 fully saturated rings. The molecule has 3 aromatic rings. The molecule has 2 amide bonds. The van der Waals surface area contributed by atoms with Gasteiger partial charge in [0.1, 0.15) is 11.8 Å². The van der Waals surface area contributed by atoms with Crippen molar-refractivity contribution in [2.75, 3.05) is 7.11 Å². The molecule has 0 aliphatic heterocycles. The summed E-state index contributed by atoms with van der Waals surface area (Å²) in [7, 11) is 1.54. The number of benzene rings is 3. The monoisotopic (exact) mass is 484 g/mol. The smallest absolute Gasteiger partial charge is 0.416 e. The van der Waals surface area contributed by atoms with E-state index in [1.165, 1.54) is 19.2 Å². The number of carbonyl (C=O) groups is 2. The van der Waals surface area contributed by atoms with Crippen molar-refractivity contribution in [3.8, 4) is 5.75 Å². The van der Waals surface area contributed by atoms with Crippen molar-refractivity contribution in [3.05, 3.63) is 101 Å². The van der Waals surface area contributed by atoms with Crippen LogP contribution >= 0.6 is 0 Å². The number of hydrogen-bond acceptors (Lipinski definition) is 3. The normalized spacial score (nSPS) is 12.9. The molecule has 2 unspecified atom stereocenters. The molecule has 2 N–H and O–H groups in total. The van der Waals surface area contributed by atoms with Crippen LogP contribution in [0.4, 0.5) is 13.2 Å². The van der Waals surface area contributed by atoms with Gasteiger partial charge >= 0.3 is 6.18 Å². The lowest BCUT2D eigenvalue weighted by atomic mass is 10.0. The molecule has 0 aromatic heterocycles. The average molecular weight is 485 g/mol. The van der Waals surface area contributed by atoms with Gasteiger partial charge in [-0.1, -0.05) is 60.7 Å². The predicted octanol–water partition coefficient (Wildman–Crippen LogP) is 4.86. The summed E-state index contributed by atoms with van der Waals surface area (Å²) in [6.45, 7) is 1.80. The summed E-state index contributed by atoms with van der Waals surface area (Å²) in [6.07, 6.45) is -4.59. The largest absolute Gasteiger partial charge is 0.497 e. The highest BCUT2D eigenvalue weighted by atomic mass is 19.4. The van der Waals surface area contributed by atoms with E-state index in [-0.39, 0.29) is 24.4 Å². The van der Waals surface area contributed by atoms with Crippen LogP contribution in [0.1, 0.15) is 35.2 Å². The Morgan fingerprint density at radius 3 is 2.20 bits per heavy atom. The molecule has 8 heteroatoms. The maximum Gasteiger partial charge on any atom is 0.416 e. The molecule has 0 heterocycles. The summed E-state index contributed by atoms with van der Waals surface area (Å²) < 4.78 is 44.6. The zero-order valence-electron chi connectivity index (χ0n) is 19.4. The summed E-state index contributed by atoms with van der Waals surface area (Å²) in [4.78, 5) is 25.9. The van der Waals surface area contributed by atoms with Crippen LogP contribution in [0, 0.1) is 0 Å². The Morgan fingerprint density at radius 1 is 0.886 bits per heavy atom. The first-order valence-electron chi connectivity index (χ1n) is 11.1. The van der Waals surface area contributed by atoms with Gasteiger partial charge in [-0.2, -0.15) is 13.2 Å². The summed E-state index contributed by atoms with van der Waals surface area (Å²) in [5.74, 6) is -0.262. The number of carbonyl (C=O) groups excluding carboxylic acids is 2. The highest BCUT2D eigenvalue weighted by molar-refractivity contribution is 5.88. The maximum atomic E-state index is 13.2. The quantitative estimate of drug-likeness (QED) is 0.456. The van der Waals surface area contributed by atoms with Crippen LogP contribution in [0.3, 0.4) is 0 Å². The Kier molecular flexibility index (Phi) is 8.52. The zero-order valence-corrected chi connectivity index (χ0v) is 19.4. The number of ether oxygens (including phenoxy) is 1. The summed E-state index contributed by atoms with van der Waals surface area (Å²) in [5.41, 5.74) is 1.05. The molecule has 0 aliphatic carbocycles. The second-order valence-corrected chi connectivity index (χ2v) is 8.19. The summed E-state index contributed by atoms with van der Waals surface area (Å²) >= 11 is 0. The lowest BCUT2D eigenvalue weighted by Crippen LogP contribution is -2.49. The minimum atomic E-state index is -4.51. The molecule has 3 rings (SSSR count). The van der Waals surface area contributed by atoms with Crippen molar-refractivity contribution < 1.29 is 27.5 Å². The molecular weight excluding hydrogens is 457 g/mol. The van der Waals surface area contributed by atoms with Gasteiger partial charge in [-0.25, -0.2) is 0 Å². The third-order valence-electron chi connectivity index (χ3n) is 5.53. The number of hydrogen-bond donors (Lipinski definition) is 2. The molecule has 2 atom stereocenters. The number of halogens is 3. The van der Waals surface area contributed by atoms with E-state index < -0.39 is 29.6 Å². The van der Waals surface area contributed by atoms with Crippen LogP contribution in [0.25, 0.3) is 0 Å². The van der Waals surface area contributed by atoms with Gasteiger partial charge < -0.3 is 15.4 Å². The molecule has 5 nitrogen and oxygen atoms in total. The molecule has 184 valence electrons. The predicted molar refractivity (Wildman–Crippen MR) is 127 cm³/mol. The minimum absolute atomic E-state index is 0.00457. The van der Waals surface area contributed by atoms with Gasteiger partial charge in [0.2, 0.25) is 11.8 Å². The highest BCUT2D eigenvalue weighted by Crippen LogP contribution is 2.29. The van der Waals surface area contributed by atoms with Crippen molar-refractivity contribution in [1.82, 2.24) is 10.6 Å². The Bertz CT molecular complexity index is 1130. The van der Waals surface area contributed by atoms with Gasteiger partial charge in [-0.15, -0.1) is 0 Å². The first kappa shape index (κ1) is 25.8. The molecule has 0 spiro atoms. The van der Waals surface area contributed by atoms with Crippen molar-refractivity contribution in [2.24, 2.45) is 0 Å². The third-order valence-corrected chi connectivity index (χ3v) is 5.53. The Hall–Kier alpha value is -3.81. The van der Waals surface area contributed by atoms with Crippen LogP contribution in [0.2, 0.25) is 0 Å². The number of nitrogens with one attached hydrogen (secondary N) is 2. The number of amides is 2. The van der Waals surface area contributed by atoms with E-state index in [2.05, 4.69) is 10.6 Å². The van der Waals surface area contributed by atoms with Gasteiger partial charge in [0.25, 0.3) is 0 Å². The van der Waals surface area contributed by atoms with E-state index in [9.17, 15) is 22.8 Å². The number of methoxy groups -OCH3 is 1. The Labute approximate surface area is 202 Å². The van der Waals surface area contributed by atoms with Crippen molar-refractivity contribution >= 4 is 11.8 Å². The van der Waals surface area contributed by atoms with E-state index in [0.29, 0.717) is 11.3 Å². The molecule has 3 aromatic carbocycles. The van der Waals surface area contributed by atoms with Crippen LogP contribution in [0.15, 0.2) is 78.9 Å². The topological polar surface area (TPSA) is 67.4 Å². The van der Waals surface area contributed by atoms with E-state index in [1.807, 2.05) is 30.3 Å². The van der Waals surface area contributed by atoms with Crippen molar-refractivity contribution in [2.45, 2.75) is 38.0 Å². The molecule has 0 radical (unpaired) electrons. The van der Waals surface area contributed by atoms with E-state index in [4.69, 9.17) is 4.74 Å². The molecule has 0 saturated carbocycles. The van der Waals surface area contributed by atoms with Gasteiger partial charge in [0.15, 0.2) is 0 Å². The summed E-state index contributed by atoms with van der Waals surface area (Å²) in [6, 6.07) is 19.5. The van der Waals surface area contributed by atoms with Crippen LogP contribution in [0.5, 0.6) is 5.75 Å². The number of rotatable bonds is 9. The Morgan fingerprint density at radius 2 is 1.57 bits per heavy atom. The van der Waals surface area contributed by atoms with E-state index in [1.54, 1.807) is 31.2 Å². The fourth-order valence-electron chi connectivity index (χ4n) is 3.63. The number of alkyl halides is 3. The van der Waals surface area contributed by atoms with Crippen LogP contribution in [-0.4, -0.2) is 25.0 Å². The first-order valence-corrected chi connectivity index (χ1v) is 11.1. The van der Waals surface area contributed by atoms with Gasteiger partial charge in [0.05, 0.1) is 25.1 Å². The fourth-order valence-corrected chi connectivity index (χ4v) is 3.63.